The molecule has 110 valence electrons. The molecule has 1 fully saturated rings. The van der Waals surface area contributed by atoms with Crippen LogP contribution in [0.2, 0.25) is 0 Å². The standard InChI is InChI=1S/C13H19N3O4/c1-9-7-12(20-15-9)14-11(17)8-16-6-4-3-5-10(16)13(18)19-2/h7,10H,3-6,8H2,1-2H3,(H,14,17)/t10-/m1/s1. The molecule has 0 radical (unpaired) electrons. The minimum atomic E-state index is -0.337. The predicted molar refractivity (Wildman–Crippen MR) is 71.1 cm³/mol. The van der Waals surface area contributed by atoms with E-state index in [1.807, 2.05) is 4.90 Å². The first-order valence-electron chi connectivity index (χ1n) is 6.65. The Kier molecular flexibility index (Phi) is 4.73. The summed E-state index contributed by atoms with van der Waals surface area (Å²) in [5, 5.41) is 6.32. The number of rotatable bonds is 4. The number of nitrogens with one attached hydrogen (secondary N) is 1. The van der Waals surface area contributed by atoms with Crippen LogP contribution in [0.25, 0.3) is 0 Å². The Morgan fingerprint density at radius 1 is 1.55 bits per heavy atom. The first-order valence-corrected chi connectivity index (χ1v) is 6.65. The van der Waals surface area contributed by atoms with Crippen LogP contribution in [-0.4, -0.2) is 48.2 Å². The fourth-order valence-corrected chi connectivity index (χ4v) is 2.37. The molecule has 0 unspecified atom stereocenters. The third kappa shape index (κ3) is 3.57. The van der Waals surface area contributed by atoms with Gasteiger partial charge in [0.1, 0.15) is 6.04 Å². The number of piperidine rings is 1. The molecule has 7 nitrogen and oxygen atoms in total. The van der Waals surface area contributed by atoms with Crippen molar-refractivity contribution in [1.29, 1.82) is 0 Å². The van der Waals surface area contributed by atoms with Gasteiger partial charge in [0.25, 0.3) is 0 Å². The number of carbonyl (C=O) groups excluding carboxylic acids is 2. The lowest BCUT2D eigenvalue weighted by Gasteiger charge is -2.32. The Labute approximate surface area is 117 Å². The van der Waals surface area contributed by atoms with E-state index < -0.39 is 0 Å². The molecule has 1 aromatic heterocycles. The number of hydrogen-bond donors (Lipinski definition) is 1. The lowest BCUT2D eigenvalue weighted by molar-refractivity contribution is -0.148. The molecule has 1 amide bonds. The van der Waals surface area contributed by atoms with Crippen molar-refractivity contribution in [3.05, 3.63) is 11.8 Å². The first kappa shape index (κ1) is 14.5. The molecule has 1 atom stereocenters. The lowest BCUT2D eigenvalue weighted by atomic mass is 10.0. The Morgan fingerprint density at radius 2 is 2.35 bits per heavy atom. The van der Waals surface area contributed by atoms with E-state index >= 15 is 0 Å². The zero-order chi connectivity index (χ0) is 14.5. The summed E-state index contributed by atoms with van der Waals surface area (Å²) in [6, 6.07) is 1.31. The van der Waals surface area contributed by atoms with Crippen LogP contribution in [0.15, 0.2) is 10.6 Å². The van der Waals surface area contributed by atoms with E-state index in [0.29, 0.717) is 18.1 Å². The number of anilines is 1. The smallest absolute Gasteiger partial charge is 0.323 e. The van der Waals surface area contributed by atoms with Crippen LogP contribution >= 0.6 is 0 Å². The minimum absolute atomic E-state index is 0.138. The third-order valence-electron chi connectivity index (χ3n) is 3.32. The van der Waals surface area contributed by atoms with E-state index in [4.69, 9.17) is 9.26 Å². The molecule has 2 heterocycles. The minimum Gasteiger partial charge on any atom is -0.468 e. The van der Waals surface area contributed by atoms with Gasteiger partial charge in [0.05, 0.1) is 19.3 Å². The Bertz CT molecular complexity index is 486. The fourth-order valence-electron chi connectivity index (χ4n) is 2.37. The monoisotopic (exact) mass is 281 g/mol. The van der Waals surface area contributed by atoms with E-state index in [9.17, 15) is 9.59 Å². The number of carbonyl (C=O) groups is 2. The second kappa shape index (κ2) is 6.51. The molecule has 0 bridgehead atoms. The molecule has 0 spiro atoms. The van der Waals surface area contributed by atoms with Crippen molar-refractivity contribution >= 4 is 17.8 Å². The summed E-state index contributed by atoms with van der Waals surface area (Å²) >= 11 is 0. The Balaban J connectivity index is 1.92. The van der Waals surface area contributed by atoms with Crippen LogP contribution in [0.5, 0.6) is 0 Å². The Morgan fingerprint density at radius 3 is 3.00 bits per heavy atom. The van der Waals surface area contributed by atoms with Crippen LogP contribution in [-0.2, 0) is 14.3 Å². The van der Waals surface area contributed by atoms with Crippen LogP contribution in [0.3, 0.4) is 0 Å². The normalized spacial score (nSPS) is 19.6. The van der Waals surface area contributed by atoms with Gasteiger partial charge < -0.3 is 9.26 Å². The number of esters is 1. The highest BCUT2D eigenvalue weighted by atomic mass is 16.5. The molecule has 1 aliphatic heterocycles. The molecule has 0 aromatic carbocycles. The SMILES string of the molecule is COC(=O)[C@H]1CCCCN1CC(=O)Nc1cc(C)no1. The highest BCUT2D eigenvalue weighted by Gasteiger charge is 2.30. The number of aryl methyl sites for hydroxylation is 1. The van der Waals surface area contributed by atoms with Gasteiger partial charge in [-0.1, -0.05) is 11.6 Å². The average molecular weight is 281 g/mol. The molecule has 0 saturated carbocycles. The quantitative estimate of drug-likeness (QED) is 0.827. The van der Waals surface area contributed by atoms with Gasteiger partial charge in [0.2, 0.25) is 11.8 Å². The van der Waals surface area contributed by atoms with Crippen LogP contribution < -0.4 is 5.32 Å². The molecule has 0 aliphatic carbocycles. The maximum atomic E-state index is 12.0. The van der Waals surface area contributed by atoms with Crippen molar-refractivity contribution in [2.24, 2.45) is 0 Å². The van der Waals surface area contributed by atoms with Crippen molar-refractivity contribution in [3.8, 4) is 0 Å². The molecular formula is C13H19N3O4. The van der Waals surface area contributed by atoms with E-state index in [-0.39, 0.29) is 24.5 Å². The number of hydrogen-bond acceptors (Lipinski definition) is 6. The number of likely N-dealkylation sites (tertiary alicyclic amines) is 1. The number of aromatic nitrogens is 1. The van der Waals surface area contributed by atoms with Crippen LogP contribution in [0, 0.1) is 6.92 Å². The number of amides is 1. The summed E-state index contributed by atoms with van der Waals surface area (Å²) in [6.07, 6.45) is 2.67. The van der Waals surface area contributed by atoms with E-state index in [1.54, 1.807) is 13.0 Å². The summed E-state index contributed by atoms with van der Waals surface area (Å²) in [6.45, 7) is 2.62. The van der Waals surface area contributed by atoms with Crippen molar-refractivity contribution in [2.75, 3.05) is 25.5 Å². The number of methoxy groups -OCH3 is 1. The highest BCUT2D eigenvalue weighted by Crippen LogP contribution is 2.18. The van der Waals surface area contributed by atoms with Crippen molar-refractivity contribution < 1.29 is 18.8 Å². The summed E-state index contributed by atoms with van der Waals surface area (Å²) in [5.74, 6) is -0.191. The van der Waals surface area contributed by atoms with Gasteiger partial charge in [-0.3, -0.25) is 19.8 Å². The molecule has 2 rings (SSSR count). The number of ether oxygens (including phenoxy) is 1. The zero-order valence-electron chi connectivity index (χ0n) is 11.7. The van der Waals surface area contributed by atoms with E-state index in [1.165, 1.54) is 7.11 Å². The van der Waals surface area contributed by atoms with Crippen molar-refractivity contribution in [2.45, 2.75) is 32.2 Å². The summed E-state index contributed by atoms with van der Waals surface area (Å²) in [5.41, 5.74) is 0.700. The Hall–Kier alpha value is -1.89. The summed E-state index contributed by atoms with van der Waals surface area (Å²) in [7, 11) is 1.37. The summed E-state index contributed by atoms with van der Waals surface area (Å²) < 4.78 is 9.71. The van der Waals surface area contributed by atoms with Gasteiger partial charge in [-0.15, -0.1) is 0 Å². The van der Waals surface area contributed by atoms with Gasteiger partial charge in [-0.25, -0.2) is 0 Å². The maximum absolute atomic E-state index is 12.0. The molecule has 20 heavy (non-hydrogen) atoms. The van der Waals surface area contributed by atoms with Crippen molar-refractivity contribution in [1.82, 2.24) is 10.1 Å². The van der Waals surface area contributed by atoms with Crippen LogP contribution in [0.1, 0.15) is 25.0 Å². The molecule has 1 N–H and O–H groups in total. The second-order valence-electron chi connectivity index (χ2n) is 4.89. The molecule has 1 aromatic rings. The predicted octanol–water partition coefficient (Wildman–Crippen LogP) is 0.949. The van der Waals surface area contributed by atoms with Gasteiger partial charge in [0, 0.05) is 6.07 Å². The maximum Gasteiger partial charge on any atom is 0.323 e. The number of nitrogens with zero attached hydrogens (tertiary/aromatic N) is 2. The summed E-state index contributed by atoms with van der Waals surface area (Å²) in [4.78, 5) is 25.5. The second-order valence-corrected chi connectivity index (χ2v) is 4.89. The van der Waals surface area contributed by atoms with Gasteiger partial charge in [0.15, 0.2) is 0 Å². The third-order valence-corrected chi connectivity index (χ3v) is 3.32. The van der Waals surface area contributed by atoms with Crippen LogP contribution in [0.4, 0.5) is 5.88 Å². The molecular weight excluding hydrogens is 262 g/mol. The molecule has 1 saturated heterocycles. The fraction of sp³-hybridized carbons (Fsp3) is 0.615. The topological polar surface area (TPSA) is 84.7 Å². The van der Waals surface area contributed by atoms with E-state index in [0.717, 1.165) is 19.3 Å². The molecule has 1 aliphatic rings. The van der Waals surface area contributed by atoms with Gasteiger partial charge in [-0.05, 0) is 26.3 Å². The van der Waals surface area contributed by atoms with Gasteiger partial charge in [-0.2, -0.15) is 0 Å². The molecule has 7 heteroatoms. The van der Waals surface area contributed by atoms with Crippen molar-refractivity contribution in [3.63, 3.8) is 0 Å². The van der Waals surface area contributed by atoms with Gasteiger partial charge >= 0.3 is 5.97 Å². The largest absolute Gasteiger partial charge is 0.468 e. The lowest BCUT2D eigenvalue weighted by Crippen LogP contribution is -2.48. The van der Waals surface area contributed by atoms with E-state index in [2.05, 4.69) is 10.5 Å². The average Bonchev–Trinajstić information content (AvgIpc) is 2.83. The highest BCUT2D eigenvalue weighted by molar-refractivity contribution is 5.91. The zero-order valence-corrected chi connectivity index (χ0v) is 11.7. The first-order chi connectivity index (χ1) is 9.60.